The summed E-state index contributed by atoms with van der Waals surface area (Å²) in [5.41, 5.74) is 0.130. The Morgan fingerprint density at radius 1 is 1.60 bits per heavy atom. The fourth-order valence-electron chi connectivity index (χ4n) is 1.05. The third-order valence-corrected chi connectivity index (χ3v) is 2.09. The molecule has 1 aliphatic heterocycles. The molecule has 5 nitrogen and oxygen atoms in total. The number of hydrogen-bond acceptors (Lipinski definition) is 5. The van der Waals surface area contributed by atoms with Crippen molar-refractivity contribution in [1.29, 1.82) is 10.5 Å². The molecule has 1 atom stereocenters. The molecule has 0 spiro atoms. The maximum absolute atomic E-state index is 8.77. The van der Waals surface area contributed by atoms with Crippen LogP contribution >= 0.6 is 11.6 Å². The van der Waals surface area contributed by atoms with E-state index in [1.807, 2.05) is 19.1 Å². The van der Waals surface area contributed by atoms with Crippen molar-refractivity contribution in [3.8, 4) is 12.1 Å². The van der Waals surface area contributed by atoms with Gasteiger partial charge in [-0.15, -0.1) is 0 Å². The number of allylic oxidation sites excluding steroid dienone is 2. The lowest BCUT2D eigenvalue weighted by molar-refractivity contribution is 0.512. The lowest BCUT2D eigenvalue weighted by atomic mass is 10.3. The minimum absolute atomic E-state index is 0.0482. The first-order valence-corrected chi connectivity index (χ1v) is 4.85. The molecule has 15 heavy (non-hydrogen) atoms. The van der Waals surface area contributed by atoms with Crippen LogP contribution in [-0.4, -0.2) is 17.9 Å². The van der Waals surface area contributed by atoms with Gasteiger partial charge in [0.25, 0.3) is 0 Å². The molecule has 0 fully saturated rings. The van der Waals surface area contributed by atoms with Gasteiger partial charge in [-0.1, -0.05) is 18.5 Å². The Hall–Kier alpha value is -1.56. The van der Waals surface area contributed by atoms with E-state index >= 15 is 0 Å². The second kappa shape index (κ2) is 4.79. The molecule has 0 amide bonds. The molecule has 0 radical (unpaired) electrons. The van der Waals surface area contributed by atoms with E-state index in [0.29, 0.717) is 6.54 Å². The zero-order valence-electron chi connectivity index (χ0n) is 8.21. The minimum Gasteiger partial charge on any atom is -0.339 e. The number of halogens is 1. The third-order valence-electron chi connectivity index (χ3n) is 1.77. The summed E-state index contributed by atoms with van der Waals surface area (Å²) < 4.78 is 0. The van der Waals surface area contributed by atoms with Crippen molar-refractivity contribution in [3.05, 3.63) is 11.4 Å². The van der Waals surface area contributed by atoms with Crippen LogP contribution in [0.25, 0.3) is 0 Å². The van der Waals surface area contributed by atoms with Crippen LogP contribution in [0.1, 0.15) is 13.3 Å². The fourth-order valence-corrected chi connectivity index (χ4v) is 1.29. The number of nitrogens with one attached hydrogen (secondary N) is 2. The third kappa shape index (κ3) is 2.69. The van der Waals surface area contributed by atoms with E-state index in [1.54, 1.807) is 0 Å². The van der Waals surface area contributed by atoms with Crippen molar-refractivity contribution in [2.75, 3.05) is 6.54 Å². The normalized spacial score (nSPS) is 24.3. The SMILES string of the molecule is CCCNC1(Cl)C=NC(C#N)=C(C#N)N1. The van der Waals surface area contributed by atoms with Gasteiger partial charge in [0.05, 0.1) is 6.21 Å². The highest BCUT2D eigenvalue weighted by Gasteiger charge is 2.29. The van der Waals surface area contributed by atoms with E-state index in [9.17, 15) is 0 Å². The Kier molecular flexibility index (Phi) is 3.68. The van der Waals surface area contributed by atoms with Crippen LogP contribution in [0.5, 0.6) is 0 Å². The Morgan fingerprint density at radius 2 is 2.33 bits per heavy atom. The van der Waals surface area contributed by atoms with Gasteiger partial charge < -0.3 is 5.32 Å². The molecule has 0 bridgehead atoms. The molecule has 1 heterocycles. The van der Waals surface area contributed by atoms with Crippen molar-refractivity contribution in [2.45, 2.75) is 18.5 Å². The highest BCUT2D eigenvalue weighted by Crippen LogP contribution is 2.15. The van der Waals surface area contributed by atoms with Crippen LogP contribution in [0.15, 0.2) is 16.4 Å². The van der Waals surface area contributed by atoms with Gasteiger partial charge in [0.1, 0.15) is 12.1 Å². The van der Waals surface area contributed by atoms with Gasteiger partial charge >= 0.3 is 0 Å². The predicted molar refractivity (Wildman–Crippen MR) is 56.8 cm³/mol. The Bertz CT molecular complexity index is 386. The second-order valence-corrected chi connectivity index (χ2v) is 3.57. The van der Waals surface area contributed by atoms with Gasteiger partial charge in [0.15, 0.2) is 11.4 Å². The molecule has 1 rings (SSSR count). The molecule has 0 saturated heterocycles. The second-order valence-electron chi connectivity index (χ2n) is 2.97. The molecular weight excluding hydrogens is 214 g/mol. The summed E-state index contributed by atoms with van der Waals surface area (Å²) in [6, 6.07) is 3.65. The molecule has 2 N–H and O–H groups in total. The van der Waals surface area contributed by atoms with E-state index in [-0.39, 0.29) is 11.4 Å². The van der Waals surface area contributed by atoms with Gasteiger partial charge in [-0.2, -0.15) is 10.5 Å². The summed E-state index contributed by atoms with van der Waals surface area (Å²) in [5.74, 6) is 0. The maximum Gasteiger partial charge on any atom is 0.203 e. The largest absolute Gasteiger partial charge is 0.339 e. The summed E-state index contributed by atoms with van der Waals surface area (Å²) in [6.45, 7) is 2.68. The zero-order chi connectivity index (χ0) is 11.3. The average Bonchev–Trinajstić information content (AvgIpc) is 2.26. The van der Waals surface area contributed by atoms with Crippen LogP contribution in [0.2, 0.25) is 0 Å². The van der Waals surface area contributed by atoms with Gasteiger partial charge in [0, 0.05) is 0 Å². The summed E-state index contributed by atoms with van der Waals surface area (Å²) in [4.78, 5) is 3.82. The molecule has 0 saturated carbocycles. The molecule has 0 aromatic carbocycles. The first kappa shape index (κ1) is 11.5. The van der Waals surface area contributed by atoms with Crippen molar-refractivity contribution in [1.82, 2.24) is 10.6 Å². The van der Waals surface area contributed by atoms with Gasteiger partial charge in [-0.05, 0) is 13.0 Å². The van der Waals surface area contributed by atoms with Crippen molar-refractivity contribution in [3.63, 3.8) is 0 Å². The van der Waals surface area contributed by atoms with Gasteiger partial charge in [0.2, 0.25) is 5.12 Å². The van der Waals surface area contributed by atoms with Crippen LogP contribution in [0, 0.1) is 22.7 Å². The van der Waals surface area contributed by atoms with Crippen molar-refractivity contribution < 1.29 is 0 Å². The molecule has 78 valence electrons. The number of aliphatic imine (C=N–C) groups is 1. The predicted octanol–water partition coefficient (Wildman–Crippen LogP) is 0.811. The highest BCUT2D eigenvalue weighted by molar-refractivity contribution is 6.32. The summed E-state index contributed by atoms with van der Waals surface area (Å²) in [6.07, 6.45) is 2.28. The number of rotatable bonds is 3. The Balaban J connectivity index is 2.83. The number of nitriles is 2. The van der Waals surface area contributed by atoms with E-state index < -0.39 is 5.12 Å². The maximum atomic E-state index is 8.77. The van der Waals surface area contributed by atoms with E-state index in [0.717, 1.165) is 6.42 Å². The van der Waals surface area contributed by atoms with Crippen LogP contribution < -0.4 is 10.6 Å². The topological polar surface area (TPSA) is 84.0 Å². The van der Waals surface area contributed by atoms with E-state index in [1.165, 1.54) is 6.21 Å². The minimum atomic E-state index is -1.07. The zero-order valence-corrected chi connectivity index (χ0v) is 8.97. The van der Waals surface area contributed by atoms with Crippen molar-refractivity contribution in [2.24, 2.45) is 4.99 Å². The van der Waals surface area contributed by atoms with E-state index in [4.69, 9.17) is 22.1 Å². The lowest BCUT2D eigenvalue weighted by Crippen LogP contribution is -2.54. The smallest absolute Gasteiger partial charge is 0.203 e. The van der Waals surface area contributed by atoms with Crippen LogP contribution in [-0.2, 0) is 0 Å². The Morgan fingerprint density at radius 3 is 2.87 bits per heavy atom. The molecule has 1 aliphatic rings. The number of nitrogens with zero attached hydrogens (tertiary/aromatic N) is 3. The molecule has 1 unspecified atom stereocenters. The first-order valence-electron chi connectivity index (χ1n) is 4.47. The summed E-state index contributed by atoms with van der Waals surface area (Å²) in [7, 11) is 0. The molecule has 0 aromatic rings. The molecular formula is C9H10ClN5. The van der Waals surface area contributed by atoms with Crippen molar-refractivity contribution >= 4 is 17.8 Å². The monoisotopic (exact) mass is 223 g/mol. The van der Waals surface area contributed by atoms with Crippen LogP contribution in [0.3, 0.4) is 0 Å². The highest BCUT2D eigenvalue weighted by atomic mass is 35.5. The van der Waals surface area contributed by atoms with Gasteiger partial charge in [-0.25, -0.2) is 4.99 Å². The summed E-state index contributed by atoms with van der Waals surface area (Å²) in [5, 5.41) is 22.0. The van der Waals surface area contributed by atoms with E-state index in [2.05, 4.69) is 15.6 Å². The Labute approximate surface area is 93.0 Å². The molecule has 0 aromatic heterocycles. The van der Waals surface area contributed by atoms with Crippen LogP contribution in [0.4, 0.5) is 0 Å². The first-order chi connectivity index (χ1) is 7.15. The molecule has 0 aliphatic carbocycles. The summed E-state index contributed by atoms with van der Waals surface area (Å²) >= 11 is 6.08. The average molecular weight is 224 g/mol. The number of alkyl halides is 1. The standard InChI is InChI=1S/C9H10ClN5/c1-2-3-14-9(10)6-13-7(4-11)8(5-12)15-9/h6,14-15H,2-3H2,1H3. The quantitative estimate of drug-likeness (QED) is 0.548. The molecule has 6 heteroatoms. The lowest BCUT2D eigenvalue weighted by Gasteiger charge is -2.28. The fraction of sp³-hybridized carbons (Fsp3) is 0.444. The number of hydrogen-bond donors (Lipinski definition) is 2. The van der Waals surface area contributed by atoms with Gasteiger partial charge in [-0.3, -0.25) is 5.32 Å².